The molecule has 66 valence electrons. The van der Waals surface area contributed by atoms with Crippen molar-refractivity contribution in [2.45, 2.75) is 26.2 Å². The van der Waals surface area contributed by atoms with Gasteiger partial charge in [-0.2, -0.15) is 0 Å². The number of halogens is 1. The van der Waals surface area contributed by atoms with Crippen LogP contribution in [-0.4, -0.2) is 16.3 Å². The van der Waals surface area contributed by atoms with Gasteiger partial charge in [-0.3, -0.25) is 4.79 Å². The Kier molecular flexibility index (Phi) is 2.37. The Morgan fingerprint density at radius 2 is 2.08 bits per heavy atom. The monoisotopic (exact) mass is 230 g/mol. The van der Waals surface area contributed by atoms with Crippen LogP contribution in [-0.2, 0) is 5.41 Å². The maximum atomic E-state index is 10.5. The summed E-state index contributed by atoms with van der Waals surface area (Å²) in [5.41, 5.74) is 0.379. The number of aromatic nitrogens is 2. The lowest BCUT2D eigenvalue weighted by atomic mass is 9.96. The molecule has 0 saturated heterocycles. The first kappa shape index (κ1) is 9.45. The van der Waals surface area contributed by atoms with Crippen molar-refractivity contribution in [2.24, 2.45) is 0 Å². The molecule has 1 aromatic heterocycles. The van der Waals surface area contributed by atoms with Crippen LogP contribution in [0.1, 0.15) is 37.1 Å². The van der Waals surface area contributed by atoms with E-state index < -0.39 is 0 Å². The van der Waals surface area contributed by atoms with Gasteiger partial charge in [-0.25, -0.2) is 4.98 Å². The van der Waals surface area contributed by atoms with Gasteiger partial charge in [0.2, 0.25) is 0 Å². The summed E-state index contributed by atoms with van der Waals surface area (Å²) in [6.07, 6.45) is 0.732. The molecule has 0 aliphatic carbocycles. The molecule has 0 spiro atoms. The standard InChI is InChI=1S/C8H11BrN2O/c1-8(2,3)7-10-5(4-12)6(9)11-7/h4H,1-3H3,(H,10,11). The zero-order valence-corrected chi connectivity index (χ0v) is 8.90. The van der Waals surface area contributed by atoms with Gasteiger partial charge in [0, 0.05) is 5.41 Å². The van der Waals surface area contributed by atoms with Gasteiger partial charge >= 0.3 is 0 Å². The highest BCUT2D eigenvalue weighted by atomic mass is 79.9. The number of imidazole rings is 1. The molecule has 12 heavy (non-hydrogen) atoms. The molecule has 0 atom stereocenters. The van der Waals surface area contributed by atoms with E-state index in [1.54, 1.807) is 0 Å². The smallest absolute Gasteiger partial charge is 0.171 e. The molecular weight excluding hydrogens is 220 g/mol. The van der Waals surface area contributed by atoms with E-state index in [1.807, 2.05) is 20.8 Å². The number of carbonyl (C=O) groups is 1. The fourth-order valence-corrected chi connectivity index (χ4v) is 1.17. The van der Waals surface area contributed by atoms with Gasteiger partial charge in [0.25, 0.3) is 0 Å². The SMILES string of the molecule is CC(C)(C)c1nc(C=O)c(Br)[nH]1. The number of H-pyrrole nitrogens is 1. The molecule has 0 bridgehead atoms. The first-order valence-electron chi connectivity index (χ1n) is 3.66. The van der Waals surface area contributed by atoms with E-state index in [1.165, 1.54) is 0 Å². The molecule has 1 rings (SSSR count). The fourth-order valence-electron chi connectivity index (χ4n) is 0.799. The second-order valence-corrected chi connectivity index (χ2v) is 4.45. The normalized spacial score (nSPS) is 11.7. The number of hydrogen-bond acceptors (Lipinski definition) is 2. The number of aromatic amines is 1. The van der Waals surface area contributed by atoms with Crippen molar-refractivity contribution in [3.63, 3.8) is 0 Å². The highest BCUT2D eigenvalue weighted by Gasteiger charge is 2.19. The highest BCUT2D eigenvalue weighted by molar-refractivity contribution is 9.10. The van der Waals surface area contributed by atoms with E-state index in [4.69, 9.17) is 0 Å². The van der Waals surface area contributed by atoms with Gasteiger partial charge in [-0.1, -0.05) is 20.8 Å². The third-order valence-corrected chi connectivity index (χ3v) is 2.11. The van der Waals surface area contributed by atoms with Gasteiger partial charge in [0.15, 0.2) is 6.29 Å². The lowest BCUT2D eigenvalue weighted by Crippen LogP contribution is -2.13. The van der Waals surface area contributed by atoms with Crippen LogP contribution < -0.4 is 0 Å². The van der Waals surface area contributed by atoms with Crippen molar-refractivity contribution in [1.82, 2.24) is 9.97 Å². The van der Waals surface area contributed by atoms with Crippen molar-refractivity contribution in [2.75, 3.05) is 0 Å². The molecule has 1 N–H and O–H groups in total. The van der Waals surface area contributed by atoms with E-state index >= 15 is 0 Å². The topological polar surface area (TPSA) is 45.8 Å². The summed E-state index contributed by atoms with van der Waals surface area (Å²) in [4.78, 5) is 17.6. The van der Waals surface area contributed by atoms with Crippen LogP contribution in [0.25, 0.3) is 0 Å². The van der Waals surface area contributed by atoms with Crippen molar-refractivity contribution >= 4 is 22.2 Å². The summed E-state index contributed by atoms with van der Waals surface area (Å²) in [6.45, 7) is 6.10. The quantitative estimate of drug-likeness (QED) is 0.753. The Morgan fingerprint density at radius 3 is 2.33 bits per heavy atom. The third-order valence-electron chi connectivity index (χ3n) is 1.51. The largest absolute Gasteiger partial charge is 0.336 e. The van der Waals surface area contributed by atoms with Crippen LogP contribution in [0, 0.1) is 0 Å². The summed E-state index contributed by atoms with van der Waals surface area (Å²) in [6, 6.07) is 0. The average molecular weight is 231 g/mol. The van der Waals surface area contributed by atoms with Crippen molar-refractivity contribution in [3.05, 3.63) is 16.1 Å². The van der Waals surface area contributed by atoms with Crippen molar-refractivity contribution < 1.29 is 4.79 Å². The Hall–Kier alpha value is -0.640. The lowest BCUT2D eigenvalue weighted by Gasteiger charge is -2.13. The van der Waals surface area contributed by atoms with Gasteiger partial charge in [-0.15, -0.1) is 0 Å². The Morgan fingerprint density at radius 1 is 1.50 bits per heavy atom. The molecule has 0 amide bonds. The van der Waals surface area contributed by atoms with Gasteiger partial charge in [0.1, 0.15) is 16.1 Å². The summed E-state index contributed by atoms with van der Waals surface area (Å²) < 4.78 is 0.655. The van der Waals surface area contributed by atoms with E-state index in [0.29, 0.717) is 10.3 Å². The maximum Gasteiger partial charge on any atom is 0.171 e. The second-order valence-electron chi connectivity index (χ2n) is 3.65. The van der Waals surface area contributed by atoms with E-state index in [9.17, 15) is 4.79 Å². The second kappa shape index (κ2) is 3.01. The fraction of sp³-hybridized carbons (Fsp3) is 0.500. The molecule has 0 fully saturated rings. The van der Waals surface area contributed by atoms with E-state index in [2.05, 4.69) is 25.9 Å². The summed E-state index contributed by atoms with van der Waals surface area (Å²) in [5.74, 6) is 0.816. The third kappa shape index (κ3) is 1.75. The first-order valence-corrected chi connectivity index (χ1v) is 4.45. The van der Waals surface area contributed by atoms with E-state index in [0.717, 1.165) is 12.1 Å². The zero-order chi connectivity index (χ0) is 9.35. The highest BCUT2D eigenvalue weighted by Crippen LogP contribution is 2.22. The molecule has 0 aromatic carbocycles. The molecule has 1 heterocycles. The Labute approximate surface area is 79.7 Å². The average Bonchev–Trinajstić information content (AvgIpc) is 2.29. The molecule has 1 aromatic rings. The minimum atomic E-state index is -0.0518. The number of carbonyl (C=O) groups excluding carboxylic acids is 1. The van der Waals surface area contributed by atoms with Crippen LogP contribution in [0.3, 0.4) is 0 Å². The summed E-state index contributed by atoms with van der Waals surface area (Å²) >= 11 is 3.22. The van der Waals surface area contributed by atoms with E-state index in [-0.39, 0.29) is 5.41 Å². The van der Waals surface area contributed by atoms with Crippen LogP contribution >= 0.6 is 15.9 Å². The van der Waals surface area contributed by atoms with Crippen molar-refractivity contribution in [3.8, 4) is 0 Å². The molecular formula is C8H11BrN2O. The minimum Gasteiger partial charge on any atom is -0.336 e. The molecule has 0 aliphatic heterocycles. The van der Waals surface area contributed by atoms with Crippen LogP contribution in [0.15, 0.2) is 4.60 Å². The number of nitrogens with one attached hydrogen (secondary N) is 1. The molecule has 0 unspecified atom stereocenters. The van der Waals surface area contributed by atoms with Gasteiger partial charge < -0.3 is 4.98 Å². The molecule has 0 radical (unpaired) electrons. The van der Waals surface area contributed by atoms with Crippen molar-refractivity contribution in [1.29, 1.82) is 0 Å². The molecule has 4 heteroatoms. The molecule has 0 saturated carbocycles. The van der Waals surface area contributed by atoms with Crippen LogP contribution in [0.2, 0.25) is 0 Å². The summed E-state index contributed by atoms with van der Waals surface area (Å²) in [7, 11) is 0. The maximum absolute atomic E-state index is 10.5. The van der Waals surface area contributed by atoms with Gasteiger partial charge in [-0.05, 0) is 15.9 Å². The Balaban J connectivity index is 3.13. The zero-order valence-electron chi connectivity index (χ0n) is 7.31. The molecule has 3 nitrogen and oxygen atoms in total. The predicted octanol–water partition coefficient (Wildman–Crippen LogP) is 2.28. The number of aldehydes is 1. The number of nitrogens with zero attached hydrogens (tertiary/aromatic N) is 1. The lowest BCUT2D eigenvalue weighted by molar-refractivity contribution is 0.111. The number of rotatable bonds is 1. The summed E-state index contributed by atoms with van der Waals surface area (Å²) in [5, 5.41) is 0. The first-order chi connectivity index (χ1) is 5.45. The minimum absolute atomic E-state index is 0.0518. The predicted molar refractivity (Wildman–Crippen MR) is 50.4 cm³/mol. The molecule has 0 aliphatic rings. The van der Waals surface area contributed by atoms with Crippen LogP contribution in [0.5, 0.6) is 0 Å². The number of hydrogen-bond donors (Lipinski definition) is 1. The van der Waals surface area contributed by atoms with Gasteiger partial charge in [0.05, 0.1) is 0 Å². The Bertz CT molecular complexity index is 298. The van der Waals surface area contributed by atoms with Crippen LogP contribution in [0.4, 0.5) is 0 Å².